The fraction of sp³-hybridized carbons (Fsp3) is 0.125. The molecule has 3 amide bonds. The molecule has 6 heteroatoms. The Morgan fingerprint density at radius 2 is 1.77 bits per heavy atom. The zero-order valence-corrected chi connectivity index (χ0v) is 11.9. The minimum absolute atomic E-state index is 0.312. The van der Waals surface area contributed by atoms with E-state index >= 15 is 0 Å². The van der Waals surface area contributed by atoms with Crippen molar-refractivity contribution in [2.24, 2.45) is 0 Å². The highest BCUT2D eigenvalue weighted by molar-refractivity contribution is 6.22. The molecule has 22 heavy (non-hydrogen) atoms. The van der Waals surface area contributed by atoms with Crippen molar-refractivity contribution in [2.75, 3.05) is 11.9 Å². The summed E-state index contributed by atoms with van der Waals surface area (Å²) in [6.45, 7) is 1.53. The number of pyridine rings is 1. The number of aryl methyl sites for hydroxylation is 1. The predicted octanol–water partition coefficient (Wildman–Crippen LogP) is 1.62. The van der Waals surface area contributed by atoms with Crippen LogP contribution in [0.2, 0.25) is 0 Å². The largest absolute Gasteiger partial charge is 0.324 e. The van der Waals surface area contributed by atoms with Crippen LogP contribution in [0.25, 0.3) is 0 Å². The van der Waals surface area contributed by atoms with Gasteiger partial charge in [-0.15, -0.1) is 0 Å². The van der Waals surface area contributed by atoms with Gasteiger partial charge >= 0.3 is 0 Å². The van der Waals surface area contributed by atoms with Crippen LogP contribution in [0.15, 0.2) is 42.7 Å². The third-order valence-corrected chi connectivity index (χ3v) is 3.39. The van der Waals surface area contributed by atoms with E-state index in [1.165, 1.54) is 0 Å². The number of rotatable bonds is 3. The summed E-state index contributed by atoms with van der Waals surface area (Å²) in [7, 11) is 0. The summed E-state index contributed by atoms with van der Waals surface area (Å²) >= 11 is 0. The standard InChI is InChI=1S/C16H13N3O3/c1-10-2-3-12-13(8-10)16(22)19(15(12)21)9-14(20)18-11-4-6-17-7-5-11/h2-8H,9H2,1H3,(H,17,18,20). The third kappa shape index (κ3) is 2.46. The van der Waals surface area contributed by atoms with Crippen LogP contribution in [0.1, 0.15) is 26.3 Å². The Hall–Kier alpha value is -3.02. The smallest absolute Gasteiger partial charge is 0.262 e. The van der Waals surface area contributed by atoms with E-state index in [4.69, 9.17) is 0 Å². The maximum absolute atomic E-state index is 12.3. The lowest BCUT2D eigenvalue weighted by Gasteiger charge is -2.13. The van der Waals surface area contributed by atoms with Crippen LogP contribution >= 0.6 is 0 Å². The van der Waals surface area contributed by atoms with Crippen LogP contribution in [0.3, 0.4) is 0 Å². The lowest BCUT2D eigenvalue weighted by atomic mass is 10.1. The number of imide groups is 1. The van der Waals surface area contributed by atoms with Crippen LogP contribution in [-0.4, -0.2) is 34.2 Å². The first-order chi connectivity index (χ1) is 10.6. The Morgan fingerprint density at radius 3 is 2.50 bits per heavy atom. The Bertz CT molecular complexity index is 771. The van der Waals surface area contributed by atoms with Crippen molar-refractivity contribution >= 4 is 23.4 Å². The maximum Gasteiger partial charge on any atom is 0.262 e. The molecule has 0 unspecified atom stereocenters. The van der Waals surface area contributed by atoms with Gasteiger partial charge in [0.1, 0.15) is 6.54 Å². The molecule has 3 rings (SSSR count). The Labute approximate surface area is 126 Å². The van der Waals surface area contributed by atoms with E-state index in [0.29, 0.717) is 16.8 Å². The van der Waals surface area contributed by atoms with E-state index < -0.39 is 17.7 Å². The van der Waals surface area contributed by atoms with Gasteiger partial charge in [-0.1, -0.05) is 11.6 Å². The molecule has 1 aromatic heterocycles. The van der Waals surface area contributed by atoms with Crippen molar-refractivity contribution in [1.82, 2.24) is 9.88 Å². The Morgan fingerprint density at radius 1 is 1.09 bits per heavy atom. The van der Waals surface area contributed by atoms with E-state index in [-0.39, 0.29) is 6.54 Å². The van der Waals surface area contributed by atoms with Gasteiger partial charge in [-0.05, 0) is 31.2 Å². The average molecular weight is 295 g/mol. The van der Waals surface area contributed by atoms with Crippen molar-refractivity contribution in [1.29, 1.82) is 0 Å². The second-order valence-electron chi connectivity index (χ2n) is 5.03. The second-order valence-corrected chi connectivity index (χ2v) is 5.03. The van der Waals surface area contributed by atoms with E-state index in [1.54, 1.807) is 42.7 Å². The van der Waals surface area contributed by atoms with Crippen molar-refractivity contribution in [3.8, 4) is 0 Å². The molecule has 110 valence electrons. The summed E-state index contributed by atoms with van der Waals surface area (Å²) in [5.74, 6) is -1.31. The number of hydrogen-bond acceptors (Lipinski definition) is 4. The Balaban J connectivity index is 1.75. The second kappa shape index (κ2) is 5.40. The SMILES string of the molecule is Cc1ccc2c(c1)C(=O)N(CC(=O)Nc1ccncc1)C2=O. The summed E-state index contributed by atoms with van der Waals surface area (Å²) < 4.78 is 0. The lowest BCUT2D eigenvalue weighted by molar-refractivity contribution is -0.116. The number of nitrogens with one attached hydrogen (secondary N) is 1. The van der Waals surface area contributed by atoms with Crippen molar-refractivity contribution in [3.63, 3.8) is 0 Å². The molecule has 0 saturated heterocycles. The molecule has 2 aromatic rings. The minimum atomic E-state index is -0.440. The van der Waals surface area contributed by atoms with Gasteiger partial charge in [0.05, 0.1) is 11.1 Å². The first-order valence-electron chi connectivity index (χ1n) is 6.73. The molecule has 2 heterocycles. The zero-order valence-electron chi connectivity index (χ0n) is 11.9. The molecule has 0 fully saturated rings. The fourth-order valence-electron chi connectivity index (χ4n) is 2.33. The maximum atomic E-state index is 12.3. The van der Waals surface area contributed by atoms with E-state index in [2.05, 4.69) is 10.3 Å². The Kier molecular flexibility index (Phi) is 3.42. The monoisotopic (exact) mass is 295 g/mol. The molecule has 1 aliphatic rings. The molecule has 0 radical (unpaired) electrons. The summed E-state index contributed by atoms with van der Waals surface area (Å²) in [6, 6.07) is 8.31. The van der Waals surface area contributed by atoms with Gasteiger partial charge in [0.15, 0.2) is 0 Å². The molecule has 0 atom stereocenters. The van der Waals surface area contributed by atoms with Crippen molar-refractivity contribution in [3.05, 3.63) is 59.4 Å². The molecule has 0 saturated carbocycles. The van der Waals surface area contributed by atoms with Crippen LogP contribution in [0.5, 0.6) is 0 Å². The van der Waals surface area contributed by atoms with Crippen LogP contribution < -0.4 is 5.32 Å². The molecule has 6 nitrogen and oxygen atoms in total. The van der Waals surface area contributed by atoms with Crippen LogP contribution in [0.4, 0.5) is 5.69 Å². The van der Waals surface area contributed by atoms with Crippen LogP contribution in [-0.2, 0) is 4.79 Å². The summed E-state index contributed by atoms with van der Waals surface area (Å²) in [5, 5.41) is 2.62. The quantitative estimate of drug-likeness (QED) is 0.873. The lowest BCUT2D eigenvalue weighted by Crippen LogP contribution is -2.37. The first-order valence-corrected chi connectivity index (χ1v) is 6.73. The molecule has 1 aromatic carbocycles. The van der Waals surface area contributed by atoms with Crippen LogP contribution in [0, 0.1) is 6.92 Å². The normalized spacial score (nSPS) is 13.2. The van der Waals surface area contributed by atoms with E-state index in [1.807, 2.05) is 6.92 Å². The number of benzene rings is 1. The number of fused-ring (bicyclic) bond motifs is 1. The van der Waals surface area contributed by atoms with Gasteiger partial charge < -0.3 is 5.32 Å². The number of nitrogens with zero attached hydrogens (tertiary/aromatic N) is 2. The number of anilines is 1. The minimum Gasteiger partial charge on any atom is -0.324 e. The number of aromatic nitrogens is 1. The predicted molar refractivity (Wildman–Crippen MR) is 79.4 cm³/mol. The molecule has 1 aliphatic heterocycles. The number of carbonyl (C=O) groups excluding carboxylic acids is 3. The molecular weight excluding hydrogens is 282 g/mol. The highest BCUT2D eigenvalue weighted by Crippen LogP contribution is 2.23. The van der Waals surface area contributed by atoms with E-state index in [0.717, 1.165) is 10.5 Å². The molecule has 0 spiro atoms. The molecule has 0 aliphatic carbocycles. The topological polar surface area (TPSA) is 79.4 Å². The molecule has 1 N–H and O–H groups in total. The zero-order chi connectivity index (χ0) is 15.7. The highest BCUT2D eigenvalue weighted by Gasteiger charge is 2.36. The van der Waals surface area contributed by atoms with Gasteiger partial charge in [0.2, 0.25) is 5.91 Å². The first kappa shape index (κ1) is 13.9. The fourth-order valence-corrected chi connectivity index (χ4v) is 2.33. The third-order valence-electron chi connectivity index (χ3n) is 3.39. The molecule has 0 bridgehead atoms. The summed E-state index contributed by atoms with van der Waals surface area (Å²) in [5.41, 5.74) is 2.14. The average Bonchev–Trinajstić information content (AvgIpc) is 2.73. The van der Waals surface area contributed by atoms with Gasteiger partial charge in [-0.2, -0.15) is 0 Å². The van der Waals surface area contributed by atoms with Crippen molar-refractivity contribution < 1.29 is 14.4 Å². The number of carbonyl (C=O) groups is 3. The highest BCUT2D eigenvalue weighted by atomic mass is 16.2. The van der Waals surface area contributed by atoms with Gasteiger partial charge in [0.25, 0.3) is 11.8 Å². The van der Waals surface area contributed by atoms with E-state index in [9.17, 15) is 14.4 Å². The number of hydrogen-bond donors (Lipinski definition) is 1. The summed E-state index contributed by atoms with van der Waals surface area (Å²) in [4.78, 5) is 41.3. The summed E-state index contributed by atoms with van der Waals surface area (Å²) in [6.07, 6.45) is 3.08. The van der Waals surface area contributed by atoms with Gasteiger partial charge in [0, 0.05) is 18.1 Å². The number of amides is 3. The molecular formula is C16H13N3O3. The van der Waals surface area contributed by atoms with Crippen molar-refractivity contribution in [2.45, 2.75) is 6.92 Å². The van der Waals surface area contributed by atoms with Gasteiger partial charge in [-0.25, -0.2) is 0 Å². The van der Waals surface area contributed by atoms with Gasteiger partial charge in [-0.3, -0.25) is 24.3 Å².